The lowest BCUT2D eigenvalue weighted by molar-refractivity contribution is 0.641. The normalized spacial score (nSPS) is 14.6. The Morgan fingerprint density at radius 2 is 1.55 bits per heavy atom. The highest BCUT2D eigenvalue weighted by Crippen LogP contribution is 2.24. The molecule has 1 fully saturated rings. The van der Waals surface area contributed by atoms with Crippen molar-refractivity contribution in [3.05, 3.63) is 54.5 Å². The van der Waals surface area contributed by atoms with E-state index in [1.54, 1.807) is 18.9 Å². The number of aromatic nitrogens is 7. The first-order chi connectivity index (χ1) is 14.2. The summed E-state index contributed by atoms with van der Waals surface area (Å²) in [6, 6.07) is 7.99. The molecule has 1 saturated heterocycles. The topological polar surface area (TPSA) is 88.8 Å². The van der Waals surface area contributed by atoms with Gasteiger partial charge in [0, 0.05) is 44.1 Å². The number of rotatable bonds is 3. The van der Waals surface area contributed by atoms with Crippen molar-refractivity contribution in [3.63, 3.8) is 0 Å². The van der Waals surface area contributed by atoms with Crippen LogP contribution in [-0.4, -0.2) is 60.9 Å². The molecule has 0 unspecified atom stereocenters. The van der Waals surface area contributed by atoms with Crippen LogP contribution in [0.15, 0.2) is 43.1 Å². The van der Waals surface area contributed by atoms with Gasteiger partial charge in [0.2, 0.25) is 0 Å². The Hall–Kier alpha value is -3.62. The van der Waals surface area contributed by atoms with Gasteiger partial charge in [-0.3, -0.25) is 0 Å². The molecule has 0 amide bonds. The molecule has 0 aliphatic carbocycles. The maximum absolute atomic E-state index is 4.53. The molecule has 0 aromatic carbocycles. The number of fused-ring (bicyclic) bond motifs is 1. The number of aryl methyl sites for hydroxylation is 2. The molecule has 0 spiro atoms. The molecule has 0 bridgehead atoms. The van der Waals surface area contributed by atoms with Gasteiger partial charge in [0.05, 0.1) is 11.1 Å². The van der Waals surface area contributed by atoms with Gasteiger partial charge in [-0.1, -0.05) is 0 Å². The Kier molecular flexibility index (Phi) is 4.27. The van der Waals surface area contributed by atoms with Gasteiger partial charge in [-0.2, -0.15) is 5.10 Å². The van der Waals surface area contributed by atoms with Crippen LogP contribution in [0.25, 0.3) is 16.9 Å². The molecule has 9 heteroatoms. The molecule has 0 saturated carbocycles. The van der Waals surface area contributed by atoms with E-state index in [0.29, 0.717) is 0 Å². The monoisotopic (exact) mass is 387 g/mol. The molecule has 9 nitrogen and oxygen atoms in total. The predicted molar refractivity (Wildman–Crippen MR) is 110 cm³/mol. The highest BCUT2D eigenvalue weighted by atomic mass is 15.3. The van der Waals surface area contributed by atoms with Crippen LogP contribution in [-0.2, 0) is 0 Å². The smallest absolute Gasteiger partial charge is 0.164 e. The molecule has 5 rings (SSSR count). The summed E-state index contributed by atoms with van der Waals surface area (Å²) in [5.41, 5.74) is 2.76. The maximum Gasteiger partial charge on any atom is 0.164 e. The summed E-state index contributed by atoms with van der Waals surface area (Å²) >= 11 is 0. The number of anilines is 2. The van der Waals surface area contributed by atoms with Crippen molar-refractivity contribution < 1.29 is 0 Å². The minimum Gasteiger partial charge on any atom is -0.353 e. The summed E-state index contributed by atoms with van der Waals surface area (Å²) in [5.74, 6) is 2.64. The minimum atomic E-state index is 0.727. The van der Waals surface area contributed by atoms with Crippen LogP contribution in [0.2, 0.25) is 0 Å². The third-order valence-corrected chi connectivity index (χ3v) is 5.16. The van der Waals surface area contributed by atoms with Crippen molar-refractivity contribution in [2.75, 3.05) is 36.0 Å². The predicted octanol–water partition coefficient (Wildman–Crippen LogP) is 1.94. The fourth-order valence-electron chi connectivity index (χ4n) is 3.77. The van der Waals surface area contributed by atoms with Crippen molar-refractivity contribution in [1.82, 2.24) is 34.7 Å². The van der Waals surface area contributed by atoms with Crippen molar-refractivity contribution in [3.8, 4) is 5.82 Å². The third kappa shape index (κ3) is 3.24. The van der Waals surface area contributed by atoms with Crippen molar-refractivity contribution in [2.24, 2.45) is 0 Å². The lowest BCUT2D eigenvalue weighted by Gasteiger charge is -2.36. The van der Waals surface area contributed by atoms with Crippen LogP contribution in [0.5, 0.6) is 0 Å². The number of piperazine rings is 1. The Bertz CT molecular complexity index is 1160. The van der Waals surface area contributed by atoms with E-state index >= 15 is 0 Å². The van der Waals surface area contributed by atoms with Crippen LogP contribution in [0.3, 0.4) is 0 Å². The second-order valence-electron chi connectivity index (χ2n) is 7.12. The highest BCUT2D eigenvalue weighted by Gasteiger charge is 2.21. The zero-order valence-electron chi connectivity index (χ0n) is 16.4. The Morgan fingerprint density at radius 3 is 2.34 bits per heavy atom. The van der Waals surface area contributed by atoms with E-state index in [2.05, 4.69) is 39.8 Å². The molecule has 0 radical (unpaired) electrons. The van der Waals surface area contributed by atoms with Crippen LogP contribution < -0.4 is 9.80 Å². The first kappa shape index (κ1) is 17.5. The maximum atomic E-state index is 4.53. The lowest BCUT2D eigenvalue weighted by atomic mass is 10.2. The van der Waals surface area contributed by atoms with E-state index in [1.165, 1.54) is 0 Å². The third-order valence-electron chi connectivity index (χ3n) is 5.16. The second kappa shape index (κ2) is 7.08. The van der Waals surface area contributed by atoms with Crippen LogP contribution in [0, 0.1) is 13.8 Å². The van der Waals surface area contributed by atoms with Crippen LogP contribution >= 0.6 is 0 Å². The summed E-state index contributed by atoms with van der Waals surface area (Å²) in [7, 11) is 0. The molecule has 1 aliphatic heterocycles. The largest absolute Gasteiger partial charge is 0.353 e. The summed E-state index contributed by atoms with van der Waals surface area (Å²) in [4.78, 5) is 26.6. The molecule has 4 aromatic heterocycles. The molecular formula is C20H21N9. The molecule has 0 atom stereocenters. The van der Waals surface area contributed by atoms with Gasteiger partial charge < -0.3 is 9.80 Å². The van der Waals surface area contributed by atoms with Crippen molar-refractivity contribution in [1.29, 1.82) is 0 Å². The average Bonchev–Trinajstić information content (AvgIpc) is 3.11. The van der Waals surface area contributed by atoms with E-state index in [0.717, 1.165) is 66.1 Å². The highest BCUT2D eigenvalue weighted by molar-refractivity contribution is 5.86. The van der Waals surface area contributed by atoms with Gasteiger partial charge in [0.25, 0.3) is 0 Å². The quantitative estimate of drug-likeness (QED) is 0.527. The van der Waals surface area contributed by atoms with Gasteiger partial charge in [0.15, 0.2) is 11.5 Å². The van der Waals surface area contributed by atoms with Gasteiger partial charge in [-0.25, -0.2) is 29.6 Å². The van der Waals surface area contributed by atoms with Crippen molar-refractivity contribution >= 4 is 22.7 Å². The van der Waals surface area contributed by atoms with Gasteiger partial charge >= 0.3 is 0 Å². The van der Waals surface area contributed by atoms with E-state index in [9.17, 15) is 0 Å². The molecule has 5 heterocycles. The molecule has 1 aliphatic rings. The number of nitrogens with zero attached hydrogens (tertiary/aromatic N) is 9. The summed E-state index contributed by atoms with van der Waals surface area (Å²) in [6.07, 6.45) is 4.95. The first-order valence-corrected chi connectivity index (χ1v) is 9.60. The second-order valence-corrected chi connectivity index (χ2v) is 7.12. The standard InChI is InChI=1S/C20H21N9/c1-14-10-15(2)29(26-14)18-11-17(22-12-23-18)27-6-8-28(9-7-27)20-16-4-3-5-21-19(16)24-13-25-20/h3-5,10-13H,6-9H2,1-2H3. The zero-order chi connectivity index (χ0) is 19.8. The first-order valence-electron chi connectivity index (χ1n) is 9.60. The average molecular weight is 387 g/mol. The fourth-order valence-corrected chi connectivity index (χ4v) is 3.77. The number of hydrogen-bond acceptors (Lipinski definition) is 8. The van der Waals surface area contributed by atoms with Gasteiger partial charge in [0.1, 0.15) is 24.3 Å². The number of hydrogen-bond donors (Lipinski definition) is 0. The molecule has 0 N–H and O–H groups in total. The van der Waals surface area contributed by atoms with Crippen LogP contribution in [0.1, 0.15) is 11.4 Å². The summed E-state index contributed by atoms with van der Waals surface area (Å²) in [5, 5.41) is 5.51. The molecule has 29 heavy (non-hydrogen) atoms. The zero-order valence-corrected chi connectivity index (χ0v) is 16.4. The lowest BCUT2D eigenvalue weighted by Crippen LogP contribution is -2.47. The number of pyridine rings is 1. The van der Waals surface area contributed by atoms with Crippen LogP contribution in [0.4, 0.5) is 11.6 Å². The van der Waals surface area contributed by atoms with Gasteiger partial charge in [-0.15, -0.1) is 0 Å². The summed E-state index contributed by atoms with van der Waals surface area (Å²) < 4.78 is 1.86. The van der Waals surface area contributed by atoms with E-state index in [1.807, 2.05) is 42.8 Å². The molecule has 4 aromatic rings. The SMILES string of the molecule is Cc1cc(C)n(-c2cc(N3CCN(c4ncnc5ncccc45)CC3)ncn2)n1. The van der Waals surface area contributed by atoms with Gasteiger partial charge in [-0.05, 0) is 32.0 Å². The van der Waals surface area contributed by atoms with E-state index in [4.69, 9.17) is 0 Å². The Morgan fingerprint density at radius 1 is 0.793 bits per heavy atom. The van der Waals surface area contributed by atoms with E-state index < -0.39 is 0 Å². The minimum absolute atomic E-state index is 0.727. The molecular weight excluding hydrogens is 366 g/mol. The molecule has 146 valence electrons. The van der Waals surface area contributed by atoms with E-state index in [-0.39, 0.29) is 0 Å². The Balaban J connectivity index is 1.36. The Labute approximate surface area is 168 Å². The van der Waals surface area contributed by atoms with Crippen molar-refractivity contribution in [2.45, 2.75) is 13.8 Å². The fraction of sp³-hybridized carbons (Fsp3) is 0.300. The summed E-state index contributed by atoms with van der Waals surface area (Å²) in [6.45, 7) is 7.40.